The molecule has 0 bridgehead atoms. The zero-order valence-electron chi connectivity index (χ0n) is 15.7. The first kappa shape index (κ1) is 17.1. The van der Waals surface area contributed by atoms with E-state index in [1.807, 2.05) is 6.20 Å². The summed E-state index contributed by atoms with van der Waals surface area (Å²) in [7, 11) is 0. The maximum Gasteiger partial charge on any atom is 0.0651 e. The summed E-state index contributed by atoms with van der Waals surface area (Å²) in [6, 6.07) is 16.1. The van der Waals surface area contributed by atoms with Crippen molar-refractivity contribution < 1.29 is 0 Å². The summed E-state index contributed by atoms with van der Waals surface area (Å²) in [5, 5.41) is 12.0. The van der Waals surface area contributed by atoms with Gasteiger partial charge < -0.3 is 5.32 Å². The fourth-order valence-electron chi connectivity index (χ4n) is 3.85. The monoisotopic (exact) mass is 348 g/mol. The number of fused-ring (bicyclic) bond motifs is 1. The molecule has 0 amide bonds. The van der Waals surface area contributed by atoms with Crippen LogP contribution in [0, 0.1) is 0 Å². The van der Waals surface area contributed by atoms with E-state index in [0.29, 0.717) is 12.0 Å². The average molecular weight is 348 g/mol. The predicted molar refractivity (Wildman–Crippen MR) is 109 cm³/mol. The zero-order chi connectivity index (χ0) is 17.9. The van der Waals surface area contributed by atoms with Crippen LogP contribution in [0.2, 0.25) is 0 Å². The second-order valence-corrected chi connectivity index (χ2v) is 7.79. The van der Waals surface area contributed by atoms with E-state index in [0.717, 1.165) is 24.0 Å². The molecular formula is C22H28N4. The van der Waals surface area contributed by atoms with Gasteiger partial charge in [0.25, 0.3) is 0 Å². The fraction of sp³-hybridized carbons (Fsp3) is 0.409. The van der Waals surface area contributed by atoms with Crippen molar-refractivity contribution in [2.24, 2.45) is 0 Å². The predicted octanol–water partition coefficient (Wildman–Crippen LogP) is 4.76. The van der Waals surface area contributed by atoms with Crippen LogP contribution in [0.1, 0.15) is 43.7 Å². The number of aromatic amines is 1. The molecule has 1 aliphatic rings. The Balaban J connectivity index is 1.37. The summed E-state index contributed by atoms with van der Waals surface area (Å²) in [5.74, 6) is 0.597. The number of hydrogen-bond donors (Lipinski definition) is 2. The lowest BCUT2D eigenvalue weighted by molar-refractivity contribution is 0.208. The molecular weight excluding hydrogens is 320 g/mol. The fourth-order valence-corrected chi connectivity index (χ4v) is 3.85. The number of benzene rings is 2. The van der Waals surface area contributed by atoms with Gasteiger partial charge >= 0.3 is 0 Å². The first-order valence-corrected chi connectivity index (χ1v) is 9.68. The van der Waals surface area contributed by atoms with Crippen LogP contribution in [-0.2, 0) is 6.54 Å². The van der Waals surface area contributed by atoms with Gasteiger partial charge in [-0.1, -0.05) is 38.1 Å². The minimum absolute atomic E-state index is 0.503. The van der Waals surface area contributed by atoms with Crippen LogP contribution in [0.3, 0.4) is 0 Å². The molecule has 0 aliphatic carbocycles. The third kappa shape index (κ3) is 3.91. The largest absolute Gasteiger partial charge is 0.381 e. The Labute approximate surface area is 155 Å². The van der Waals surface area contributed by atoms with Crippen molar-refractivity contribution in [1.82, 2.24) is 15.1 Å². The number of nitrogens with one attached hydrogen (secondary N) is 2. The van der Waals surface area contributed by atoms with E-state index in [1.54, 1.807) is 0 Å². The zero-order valence-corrected chi connectivity index (χ0v) is 15.7. The van der Waals surface area contributed by atoms with E-state index in [4.69, 9.17) is 0 Å². The molecule has 4 nitrogen and oxygen atoms in total. The Morgan fingerprint density at radius 1 is 1.19 bits per heavy atom. The summed E-state index contributed by atoms with van der Waals surface area (Å²) in [6.45, 7) is 7.81. The lowest BCUT2D eigenvalue weighted by atomic mass is 10.0. The number of aromatic nitrogens is 2. The molecule has 0 radical (unpaired) electrons. The van der Waals surface area contributed by atoms with Crippen LogP contribution < -0.4 is 5.32 Å². The molecule has 4 heteroatoms. The van der Waals surface area contributed by atoms with Crippen molar-refractivity contribution in [3.05, 3.63) is 59.8 Å². The van der Waals surface area contributed by atoms with E-state index in [1.165, 1.54) is 36.2 Å². The standard InChI is InChI=1S/C22H28N4/c1-16(2)18-7-5-17(6-8-18)14-26-11-3-4-21(15-26)24-20-9-10-22-19(12-20)13-23-25-22/h5-10,12-13,16,21,24H,3-4,11,14-15H2,1-2H3,(H,23,25)/t21-/m0/s1. The van der Waals surface area contributed by atoms with Crippen molar-refractivity contribution >= 4 is 16.6 Å². The van der Waals surface area contributed by atoms with Gasteiger partial charge in [-0.15, -0.1) is 0 Å². The first-order valence-electron chi connectivity index (χ1n) is 9.68. The first-order chi connectivity index (χ1) is 12.7. The highest BCUT2D eigenvalue weighted by atomic mass is 15.2. The topological polar surface area (TPSA) is 44.0 Å². The van der Waals surface area contributed by atoms with Gasteiger partial charge in [0.15, 0.2) is 0 Å². The van der Waals surface area contributed by atoms with E-state index >= 15 is 0 Å². The Hall–Kier alpha value is -2.33. The maximum absolute atomic E-state index is 4.10. The molecule has 2 N–H and O–H groups in total. The Morgan fingerprint density at radius 3 is 2.85 bits per heavy atom. The molecule has 1 aliphatic heterocycles. The minimum Gasteiger partial charge on any atom is -0.381 e. The molecule has 1 atom stereocenters. The molecule has 0 unspecified atom stereocenters. The van der Waals surface area contributed by atoms with Gasteiger partial charge in [0.05, 0.1) is 11.7 Å². The summed E-state index contributed by atoms with van der Waals surface area (Å²) in [6.07, 6.45) is 4.36. The number of piperidine rings is 1. The molecule has 0 spiro atoms. The smallest absolute Gasteiger partial charge is 0.0651 e. The van der Waals surface area contributed by atoms with Gasteiger partial charge in [0.1, 0.15) is 0 Å². The summed E-state index contributed by atoms with van der Waals surface area (Å²) < 4.78 is 0. The van der Waals surface area contributed by atoms with Crippen LogP contribution in [0.4, 0.5) is 5.69 Å². The van der Waals surface area contributed by atoms with Gasteiger partial charge in [0.2, 0.25) is 0 Å². The lowest BCUT2D eigenvalue weighted by Gasteiger charge is -2.33. The Bertz CT molecular complexity index is 850. The Kier molecular flexibility index (Phi) is 4.93. The van der Waals surface area contributed by atoms with Crippen molar-refractivity contribution in [2.45, 2.75) is 45.2 Å². The van der Waals surface area contributed by atoms with Crippen molar-refractivity contribution in [3.63, 3.8) is 0 Å². The molecule has 2 aromatic carbocycles. The van der Waals surface area contributed by atoms with E-state index in [9.17, 15) is 0 Å². The third-order valence-electron chi connectivity index (χ3n) is 5.37. The maximum atomic E-state index is 4.10. The summed E-state index contributed by atoms with van der Waals surface area (Å²) >= 11 is 0. The highest BCUT2D eigenvalue weighted by Crippen LogP contribution is 2.22. The average Bonchev–Trinajstić information content (AvgIpc) is 3.10. The molecule has 26 heavy (non-hydrogen) atoms. The van der Waals surface area contributed by atoms with Gasteiger partial charge in [-0.05, 0) is 54.6 Å². The molecule has 2 heterocycles. The number of nitrogens with zero attached hydrogens (tertiary/aromatic N) is 2. The highest BCUT2D eigenvalue weighted by molar-refractivity contribution is 5.81. The van der Waals surface area contributed by atoms with Crippen LogP contribution in [-0.4, -0.2) is 34.2 Å². The number of likely N-dealkylation sites (tertiary alicyclic amines) is 1. The van der Waals surface area contributed by atoms with Crippen molar-refractivity contribution in [1.29, 1.82) is 0 Å². The normalized spacial score (nSPS) is 18.5. The Morgan fingerprint density at radius 2 is 2.04 bits per heavy atom. The molecule has 0 saturated carbocycles. The molecule has 136 valence electrons. The highest BCUT2D eigenvalue weighted by Gasteiger charge is 2.20. The SMILES string of the molecule is CC(C)c1ccc(CN2CCC[C@H](Nc3ccc4[nH]ncc4c3)C2)cc1. The number of anilines is 1. The van der Waals surface area contributed by atoms with Gasteiger partial charge in [-0.2, -0.15) is 5.10 Å². The summed E-state index contributed by atoms with van der Waals surface area (Å²) in [5.41, 5.74) is 5.11. The van der Waals surface area contributed by atoms with Crippen LogP contribution >= 0.6 is 0 Å². The van der Waals surface area contributed by atoms with Gasteiger partial charge in [0, 0.05) is 30.2 Å². The quantitative estimate of drug-likeness (QED) is 0.698. The lowest BCUT2D eigenvalue weighted by Crippen LogP contribution is -2.41. The number of hydrogen-bond acceptors (Lipinski definition) is 3. The molecule has 3 aromatic rings. The number of H-pyrrole nitrogens is 1. The van der Waals surface area contributed by atoms with Gasteiger partial charge in [-0.3, -0.25) is 10.00 Å². The van der Waals surface area contributed by atoms with Gasteiger partial charge in [-0.25, -0.2) is 0 Å². The molecule has 1 aromatic heterocycles. The molecule has 4 rings (SSSR count). The van der Waals surface area contributed by atoms with Crippen LogP contribution in [0.5, 0.6) is 0 Å². The number of rotatable bonds is 5. The van der Waals surface area contributed by atoms with Crippen molar-refractivity contribution in [3.8, 4) is 0 Å². The molecule has 1 fully saturated rings. The summed E-state index contributed by atoms with van der Waals surface area (Å²) in [4.78, 5) is 2.57. The van der Waals surface area contributed by atoms with E-state index in [-0.39, 0.29) is 0 Å². The molecule has 1 saturated heterocycles. The van der Waals surface area contributed by atoms with E-state index in [2.05, 4.69) is 76.7 Å². The minimum atomic E-state index is 0.503. The third-order valence-corrected chi connectivity index (χ3v) is 5.37. The van der Waals surface area contributed by atoms with Crippen LogP contribution in [0.25, 0.3) is 10.9 Å². The van der Waals surface area contributed by atoms with Crippen molar-refractivity contribution in [2.75, 3.05) is 18.4 Å². The van der Waals surface area contributed by atoms with E-state index < -0.39 is 0 Å². The second kappa shape index (κ2) is 7.50. The van der Waals surface area contributed by atoms with Crippen LogP contribution in [0.15, 0.2) is 48.7 Å². The second-order valence-electron chi connectivity index (χ2n) is 7.79.